The number of hydrogen-bond donors (Lipinski definition) is 2. The molecule has 1 aliphatic rings. The van der Waals surface area contributed by atoms with Crippen molar-refractivity contribution in [1.29, 1.82) is 0 Å². The summed E-state index contributed by atoms with van der Waals surface area (Å²) in [7, 11) is -1.61. The Morgan fingerprint density at radius 1 is 1.53 bits per heavy atom. The molecule has 0 radical (unpaired) electrons. The summed E-state index contributed by atoms with van der Waals surface area (Å²) in [6.45, 7) is 5.54. The molecular formula is C12H20N2O3S2. The lowest BCUT2D eigenvalue weighted by Gasteiger charge is -2.22. The number of hydrogen-bond acceptors (Lipinski definition) is 5. The van der Waals surface area contributed by atoms with Crippen LogP contribution in [0.3, 0.4) is 0 Å². The molecule has 0 bridgehead atoms. The summed E-state index contributed by atoms with van der Waals surface area (Å²) < 4.78 is 33.2. The fourth-order valence-corrected chi connectivity index (χ4v) is 5.10. The van der Waals surface area contributed by atoms with Crippen molar-refractivity contribution in [3.63, 3.8) is 0 Å². The van der Waals surface area contributed by atoms with Crippen LogP contribution in [0.5, 0.6) is 0 Å². The highest BCUT2D eigenvalue weighted by Gasteiger charge is 2.35. The van der Waals surface area contributed by atoms with E-state index in [2.05, 4.69) is 10.0 Å². The highest BCUT2D eigenvalue weighted by Crippen LogP contribution is 2.28. The van der Waals surface area contributed by atoms with Gasteiger partial charge in [-0.25, -0.2) is 13.1 Å². The van der Waals surface area contributed by atoms with Crippen molar-refractivity contribution in [2.75, 3.05) is 20.3 Å². The molecule has 2 heterocycles. The van der Waals surface area contributed by atoms with Crippen molar-refractivity contribution in [2.45, 2.75) is 36.6 Å². The van der Waals surface area contributed by atoms with Gasteiger partial charge in [0.25, 0.3) is 10.0 Å². The Morgan fingerprint density at radius 2 is 2.26 bits per heavy atom. The molecule has 1 saturated heterocycles. The Morgan fingerprint density at radius 3 is 2.84 bits per heavy atom. The molecule has 19 heavy (non-hydrogen) atoms. The Kier molecular flexibility index (Phi) is 4.32. The fraction of sp³-hybridized carbons (Fsp3) is 0.667. The molecule has 0 amide bonds. The van der Waals surface area contributed by atoms with Gasteiger partial charge in [-0.15, -0.1) is 11.3 Å². The van der Waals surface area contributed by atoms with E-state index in [9.17, 15) is 8.42 Å². The first-order valence-corrected chi connectivity index (χ1v) is 8.52. The van der Waals surface area contributed by atoms with Crippen LogP contribution >= 0.6 is 11.3 Å². The minimum absolute atomic E-state index is 0.378. The number of aryl methyl sites for hydroxylation is 1. The Bertz CT molecular complexity index is 545. The Labute approximate surface area is 118 Å². The van der Waals surface area contributed by atoms with Gasteiger partial charge >= 0.3 is 0 Å². The van der Waals surface area contributed by atoms with Gasteiger partial charge in [-0.3, -0.25) is 0 Å². The van der Waals surface area contributed by atoms with Gasteiger partial charge in [-0.05, 0) is 38.9 Å². The zero-order chi connectivity index (χ0) is 14.1. The molecule has 0 aromatic carbocycles. The lowest BCUT2D eigenvalue weighted by Crippen LogP contribution is -2.46. The van der Waals surface area contributed by atoms with Crippen LogP contribution in [-0.4, -0.2) is 34.2 Å². The number of sulfonamides is 1. The summed E-state index contributed by atoms with van der Waals surface area (Å²) in [5.41, 5.74) is 0.521. The van der Waals surface area contributed by atoms with Gasteiger partial charge < -0.3 is 10.1 Å². The van der Waals surface area contributed by atoms with E-state index in [-0.39, 0.29) is 0 Å². The van der Waals surface area contributed by atoms with Crippen molar-refractivity contribution in [3.05, 3.63) is 16.5 Å². The van der Waals surface area contributed by atoms with Crippen LogP contribution < -0.4 is 10.0 Å². The van der Waals surface area contributed by atoms with E-state index in [0.29, 0.717) is 30.4 Å². The molecule has 108 valence electrons. The summed E-state index contributed by atoms with van der Waals surface area (Å²) in [5, 5.41) is 3.05. The van der Waals surface area contributed by atoms with Crippen molar-refractivity contribution in [2.24, 2.45) is 0 Å². The van der Waals surface area contributed by atoms with Gasteiger partial charge in [0, 0.05) is 18.0 Å². The molecule has 0 saturated carbocycles. The summed E-state index contributed by atoms with van der Waals surface area (Å²) in [6.07, 6.45) is 0.708. The first-order valence-electron chi connectivity index (χ1n) is 6.22. The van der Waals surface area contributed by atoms with E-state index in [0.717, 1.165) is 10.4 Å². The van der Waals surface area contributed by atoms with E-state index in [1.807, 2.05) is 20.9 Å². The molecule has 0 aliphatic carbocycles. The largest absolute Gasteiger partial charge is 0.379 e. The van der Waals surface area contributed by atoms with Crippen molar-refractivity contribution in [3.8, 4) is 0 Å². The third-order valence-electron chi connectivity index (χ3n) is 3.20. The monoisotopic (exact) mass is 304 g/mol. The normalized spacial score (nSPS) is 23.9. The predicted molar refractivity (Wildman–Crippen MR) is 76.0 cm³/mol. The second kappa shape index (κ2) is 5.49. The average Bonchev–Trinajstić information content (AvgIpc) is 2.87. The summed E-state index contributed by atoms with van der Waals surface area (Å²) in [4.78, 5) is 1.05. The van der Waals surface area contributed by atoms with E-state index in [1.54, 1.807) is 6.07 Å². The molecule has 1 aliphatic heterocycles. The molecule has 1 aromatic rings. The van der Waals surface area contributed by atoms with Crippen LogP contribution in [0.4, 0.5) is 0 Å². The number of ether oxygens (including phenoxy) is 1. The molecule has 1 atom stereocenters. The topological polar surface area (TPSA) is 67.4 Å². The van der Waals surface area contributed by atoms with Gasteiger partial charge in [0.15, 0.2) is 0 Å². The lowest BCUT2D eigenvalue weighted by molar-refractivity contribution is 0.178. The van der Waals surface area contributed by atoms with Crippen molar-refractivity contribution < 1.29 is 13.2 Å². The maximum Gasteiger partial charge on any atom is 0.250 e. The molecule has 2 N–H and O–H groups in total. The summed E-state index contributed by atoms with van der Waals surface area (Å²) in [5.74, 6) is 0. The highest BCUT2D eigenvalue weighted by molar-refractivity contribution is 7.91. The summed E-state index contributed by atoms with van der Waals surface area (Å²) in [6, 6.07) is 1.73. The van der Waals surface area contributed by atoms with Crippen LogP contribution in [0.1, 0.15) is 23.8 Å². The van der Waals surface area contributed by atoms with E-state index in [4.69, 9.17) is 4.74 Å². The number of rotatable bonds is 5. The van der Waals surface area contributed by atoms with Crippen LogP contribution in [0.25, 0.3) is 0 Å². The molecule has 1 unspecified atom stereocenters. The maximum absolute atomic E-state index is 12.4. The van der Waals surface area contributed by atoms with Crippen LogP contribution in [0.2, 0.25) is 0 Å². The Balaban J connectivity index is 2.22. The van der Waals surface area contributed by atoms with Gasteiger partial charge in [-0.2, -0.15) is 0 Å². The maximum atomic E-state index is 12.4. The molecule has 2 rings (SSSR count). The lowest BCUT2D eigenvalue weighted by atomic mass is 10.0. The van der Waals surface area contributed by atoms with Gasteiger partial charge in [0.1, 0.15) is 4.21 Å². The number of thiophene rings is 1. The molecule has 1 aromatic heterocycles. The van der Waals surface area contributed by atoms with E-state index < -0.39 is 15.6 Å². The quantitative estimate of drug-likeness (QED) is 0.859. The second-order valence-electron chi connectivity index (χ2n) is 5.17. The smallest absolute Gasteiger partial charge is 0.250 e. The van der Waals surface area contributed by atoms with Crippen molar-refractivity contribution in [1.82, 2.24) is 10.0 Å². The van der Waals surface area contributed by atoms with Crippen LogP contribution in [0.15, 0.2) is 10.3 Å². The molecular weight excluding hydrogens is 284 g/mol. The standard InChI is InChI=1S/C12H20N2O3S2/c1-9-6-11(18-10(9)7-13-3)19(15,16)14-12(2)4-5-17-8-12/h6,13-14H,4-5,7-8H2,1-3H3. The average molecular weight is 304 g/mol. The van der Waals surface area contributed by atoms with Gasteiger partial charge in [-0.1, -0.05) is 0 Å². The van der Waals surface area contributed by atoms with Gasteiger partial charge in [0.05, 0.1) is 12.1 Å². The second-order valence-corrected chi connectivity index (χ2v) is 8.22. The number of nitrogens with one attached hydrogen (secondary N) is 2. The molecule has 5 nitrogen and oxygen atoms in total. The van der Waals surface area contributed by atoms with Crippen LogP contribution in [-0.2, 0) is 21.3 Å². The third kappa shape index (κ3) is 3.35. The summed E-state index contributed by atoms with van der Waals surface area (Å²) >= 11 is 1.32. The molecule has 0 spiro atoms. The molecule has 1 fully saturated rings. The SMILES string of the molecule is CNCc1sc(S(=O)(=O)NC2(C)CCOC2)cc1C. The highest BCUT2D eigenvalue weighted by atomic mass is 32.2. The minimum atomic E-state index is -3.46. The van der Waals surface area contributed by atoms with Crippen LogP contribution in [0, 0.1) is 6.92 Å². The van der Waals surface area contributed by atoms with E-state index >= 15 is 0 Å². The van der Waals surface area contributed by atoms with Gasteiger partial charge in [0.2, 0.25) is 0 Å². The third-order valence-corrected chi connectivity index (χ3v) is 6.55. The molecule has 7 heteroatoms. The minimum Gasteiger partial charge on any atom is -0.379 e. The first-order chi connectivity index (χ1) is 8.86. The zero-order valence-electron chi connectivity index (χ0n) is 11.4. The predicted octanol–water partition coefficient (Wildman–Crippen LogP) is 1.23. The Hall–Kier alpha value is -0.470. The zero-order valence-corrected chi connectivity index (χ0v) is 13.1. The fourth-order valence-electron chi connectivity index (χ4n) is 2.08. The van der Waals surface area contributed by atoms with Crippen molar-refractivity contribution >= 4 is 21.4 Å². The first kappa shape index (κ1) is 14.9. The van der Waals surface area contributed by atoms with E-state index in [1.165, 1.54) is 11.3 Å².